The van der Waals surface area contributed by atoms with E-state index in [0.29, 0.717) is 21.8 Å². The van der Waals surface area contributed by atoms with E-state index in [1.807, 2.05) is 0 Å². The van der Waals surface area contributed by atoms with Gasteiger partial charge in [-0.2, -0.15) is 5.10 Å². The number of benzene rings is 1. The molecule has 3 N–H and O–H groups in total. The topological polar surface area (TPSA) is 90.0 Å². The molecule has 20 heavy (non-hydrogen) atoms. The number of primary amides is 1. The Kier molecular flexibility index (Phi) is 3.76. The van der Waals surface area contributed by atoms with Gasteiger partial charge in [-0.15, -0.1) is 0 Å². The van der Waals surface area contributed by atoms with Crippen LogP contribution in [0.25, 0.3) is 5.69 Å². The van der Waals surface area contributed by atoms with E-state index in [4.69, 9.17) is 17.3 Å². The van der Waals surface area contributed by atoms with E-state index in [-0.39, 0.29) is 11.6 Å². The van der Waals surface area contributed by atoms with Crippen molar-refractivity contribution >= 4 is 23.4 Å². The molecule has 0 radical (unpaired) electrons. The lowest BCUT2D eigenvalue weighted by Gasteiger charge is -2.14. The molecule has 0 aliphatic rings. The molecule has 0 saturated carbocycles. The van der Waals surface area contributed by atoms with E-state index in [1.54, 1.807) is 13.0 Å². The molecule has 2 rings (SSSR count). The van der Waals surface area contributed by atoms with Crippen molar-refractivity contribution in [3.05, 3.63) is 46.2 Å². The number of carbonyl (C=O) groups is 2. The first-order chi connectivity index (χ1) is 9.45. The number of carbonyl (C=O) groups excluding carboxylic acids is 2. The fourth-order valence-electron chi connectivity index (χ4n) is 1.99. The molecule has 0 atom stereocenters. The standard InChI is InChI=1S/C13H13ClN4O2/c1-7-5-8(14)6-9(13(20)16-2)11(7)18-10(12(15)19)3-4-17-18/h3-6H,1-2H3,(H2,15,19)(H,16,20). The predicted molar refractivity (Wildman–Crippen MR) is 75.2 cm³/mol. The Bertz CT molecular complexity index is 694. The minimum Gasteiger partial charge on any atom is -0.364 e. The summed E-state index contributed by atoms with van der Waals surface area (Å²) >= 11 is 5.99. The zero-order valence-corrected chi connectivity index (χ0v) is 11.7. The lowest BCUT2D eigenvalue weighted by molar-refractivity contribution is 0.0958. The molecule has 0 spiro atoms. The van der Waals surface area contributed by atoms with Gasteiger partial charge in [-0.3, -0.25) is 9.59 Å². The number of halogens is 1. The van der Waals surface area contributed by atoms with E-state index < -0.39 is 5.91 Å². The number of aromatic nitrogens is 2. The summed E-state index contributed by atoms with van der Waals surface area (Å²) in [6.07, 6.45) is 1.45. The van der Waals surface area contributed by atoms with Crippen molar-refractivity contribution in [2.45, 2.75) is 6.92 Å². The van der Waals surface area contributed by atoms with Gasteiger partial charge in [-0.1, -0.05) is 11.6 Å². The van der Waals surface area contributed by atoms with Crippen LogP contribution in [0.15, 0.2) is 24.4 Å². The lowest BCUT2D eigenvalue weighted by atomic mass is 10.1. The number of amides is 2. The third kappa shape index (κ3) is 2.37. The van der Waals surface area contributed by atoms with Crippen LogP contribution in [0, 0.1) is 6.92 Å². The molecule has 0 bridgehead atoms. The van der Waals surface area contributed by atoms with E-state index in [1.165, 1.54) is 30.1 Å². The van der Waals surface area contributed by atoms with Crippen molar-refractivity contribution < 1.29 is 9.59 Å². The zero-order chi connectivity index (χ0) is 14.9. The van der Waals surface area contributed by atoms with Crippen molar-refractivity contribution in [3.8, 4) is 5.69 Å². The van der Waals surface area contributed by atoms with E-state index in [0.717, 1.165) is 0 Å². The van der Waals surface area contributed by atoms with Gasteiger partial charge in [0.05, 0.1) is 17.4 Å². The molecule has 0 aliphatic carbocycles. The second-order valence-electron chi connectivity index (χ2n) is 4.19. The Morgan fingerprint density at radius 2 is 2.10 bits per heavy atom. The first-order valence-corrected chi connectivity index (χ1v) is 6.20. The Hall–Kier alpha value is -2.34. The summed E-state index contributed by atoms with van der Waals surface area (Å²) in [5.74, 6) is -0.948. The van der Waals surface area contributed by atoms with Crippen molar-refractivity contribution in [2.75, 3.05) is 7.05 Å². The van der Waals surface area contributed by atoms with Gasteiger partial charge in [-0.05, 0) is 30.7 Å². The van der Waals surface area contributed by atoms with E-state index in [2.05, 4.69) is 10.4 Å². The molecule has 104 valence electrons. The maximum atomic E-state index is 12.0. The van der Waals surface area contributed by atoms with Gasteiger partial charge in [-0.25, -0.2) is 4.68 Å². The lowest BCUT2D eigenvalue weighted by Crippen LogP contribution is -2.23. The van der Waals surface area contributed by atoms with Crippen LogP contribution in [0.3, 0.4) is 0 Å². The number of nitrogens with one attached hydrogen (secondary N) is 1. The minimum absolute atomic E-state index is 0.195. The molecular weight excluding hydrogens is 280 g/mol. The molecule has 7 heteroatoms. The largest absolute Gasteiger partial charge is 0.364 e. The first kappa shape index (κ1) is 14.1. The molecule has 0 aliphatic heterocycles. The summed E-state index contributed by atoms with van der Waals surface area (Å²) in [6, 6.07) is 4.70. The molecule has 1 aromatic carbocycles. The molecular formula is C13H13ClN4O2. The summed E-state index contributed by atoms with van der Waals surface area (Å²) in [7, 11) is 1.51. The fourth-order valence-corrected chi connectivity index (χ4v) is 2.27. The summed E-state index contributed by atoms with van der Waals surface area (Å²) in [6.45, 7) is 1.78. The minimum atomic E-state index is -0.625. The third-order valence-electron chi connectivity index (χ3n) is 2.84. The van der Waals surface area contributed by atoms with Crippen LogP contribution in [0.2, 0.25) is 5.02 Å². The summed E-state index contributed by atoms with van der Waals surface area (Å²) in [4.78, 5) is 23.4. The zero-order valence-electron chi connectivity index (χ0n) is 11.0. The van der Waals surface area contributed by atoms with Crippen molar-refractivity contribution in [1.82, 2.24) is 15.1 Å². The van der Waals surface area contributed by atoms with Crippen LogP contribution in [0.5, 0.6) is 0 Å². The van der Waals surface area contributed by atoms with Crippen LogP contribution >= 0.6 is 11.6 Å². The van der Waals surface area contributed by atoms with Crippen LogP contribution in [0.4, 0.5) is 0 Å². The van der Waals surface area contributed by atoms with Gasteiger partial charge in [0.25, 0.3) is 11.8 Å². The number of nitrogens with zero attached hydrogens (tertiary/aromatic N) is 2. The molecule has 2 amide bonds. The van der Waals surface area contributed by atoms with Gasteiger partial charge in [0.15, 0.2) is 0 Å². The summed E-state index contributed by atoms with van der Waals surface area (Å²) < 4.78 is 1.35. The average Bonchev–Trinajstić information content (AvgIpc) is 2.85. The SMILES string of the molecule is CNC(=O)c1cc(Cl)cc(C)c1-n1nccc1C(N)=O. The Balaban J connectivity index is 2.76. The maximum absolute atomic E-state index is 12.0. The molecule has 1 heterocycles. The molecule has 1 aromatic heterocycles. The van der Waals surface area contributed by atoms with Gasteiger partial charge in [0, 0.05) is 12.1 Å². The highest BCUT2D eigenvalue weighted by Crippen LogP contribution is 2.25. The number of hydrogen-bond acceptors (Lipinski definition) is 3. The Labute approximate surface area is 120 Å². The van der Waals surface area contributed by atoms with Gasteiger partial charge in [0.1, 0.15) is 5.69 Å². The summed E-state index contributed by atoms with van der Waals surface area (Å²) in [5.41, 5.74) is 7.02. The number of hydrogen-bond donors (Lipinski definition) is 2. The van der Waals surface area contributed by atoms with Gasteiger partial charge < -0.3 is 11.1 Å². The highest BCUT2D eigenvalue weighted by molar-refractivity contribution is 6.31. The molecule has 0 fully saturated rings. The molecule has 6 nitrogen and oxygen atoms in total. The van der Waals surface area contributed by atoms with E-state index in [9.17, 15) is 9.59 Å². The number of aryl methyl sites for hydroxylation is 1. The predicted octanol–water partition coefficient (Wildman–Crippen LogP) is 1.29. The quantitative estimate of drug-likeness (QED) is 0.893. The normalized spacial score (nSPS) is 10.3. The second-order valence-corrected chi connectivity index (χ2v) is 4.63. The molecule has 0 saturated heterocycles. The van der Waals surface area contributed by atoms with Crippen LogP contribution in [-0.2, 0) is 0 Å². The second kappa shape index (κ2) is 5.34. The van der Waals surface area contributed by atoms with Crippen LogP contribution in [0.1, 0.15) is 26.4 Å². The Morgan fingerprint density at radius 1 is 1.40 bits per heavy atom. The van der Waals surface area contributed by atoms with Crippen molar-refractivity contribution in [1.29, 1.82) is 0 Å². The molecule has 0 unspecified atom stereocenters. The fraction of sp³-hybridized carbons (Fsp3) is 0.154. The highest BCUT2D eigenvalue weighted by Gasteiger charge is 2.19. The van der Waals surface area contributed by atoms with Gasteiger partial charge in [0.2, 0.25) is 0 Å². The van der Waals surface area contributed by atoms with Crippen molar-refractivity contribution in [3.63, 3.8) is 0 Å². The first-order valence-electron chi connectivity index (χ1n) is 5.82. The summed E-state index contributed by atoms with van der Waals surface area (Å²) in [5, 5.41) is 7.03. The average molecular weight is 293 g/mol. The Morgan fingerprint density at radius 3 is 2.70 bits per heavy atom. The van der Waals surface area contributed by atoms with Crippen molar-refractivity contribution in [2.24, 2.45) is 5.73 Å². The monoisotopic (exact) mass is 292 g/mol. The van der Waals surface area contributed by atoms with Crippen LogP contribution in [-0.4, -0.2) is 28.6 Å². The smallest absolute Gasteiger partial charge is 0.267 e. The maximum Gasteiger partial charge on any atom is 0.267 e. The number of nitrogens with two attached hydrogens (primary N) is 1. The number of rotatable bonds is 3. The van der Waals surface area contributed by atoms with Gasteiger partial charge >= 0.3 is 0 Å². The third-order valence-corrected chi connectivity index (χ3v) is 3.06. The highest BCUT2D eigenvalue weighted by atomic mass is 35.5. The molecule has 2 aromatic rings. The van der Waals surface area contributed by atoms with E-state index >= 15 is 0 Å². The van der Waals surface area contributed by atoms with Crippen LogP contribution < -0.4 is 11.1 Å².